The molecule has 0 aliphatic rings. The molecule has 0 spiro atoms. The van der Waals surface area contributed by atoms with E-state index in [9.17, 15) is 4.79 Å². The first kappa shape index (κ1) is 17.0. The van der Waals surface area contributed by atoms with Crippen molar-refractivity contribution < 1.29 is 9.32 Å². The van der Waals surface area contributed by atoms with Gasteiger partial charge in [-0.05, 0) is 24.3 Å². The summed E-state index contributed by atoms with van der Waals surface area (Å²) in [6.45, 7) is 0. The smallest absolute Gasteiger partial charge is 0.227 e. The van der Waals surface area contributed by atoms with Crippen LogP contribution in [0.2, 0.25) is 0 Å². The fraction of sp³-hybridized carbons (Fsp3) is 0.111. The fourth-order valence-electron chi connectivity index (χ4n) is 2.35. The lowest BCUT2D eigenvalue weighted by atomic mass is 10.2. The van der Waals surface area contributed by atoms with E-state index in [1.54, 1.807) is 30.9 Å². The first-order valence-electron chi connectivity index (χ1n) is 8.17. The minimum absolute atomic E-state index is 0.164. The number of aryl methyl sites for hydroxylation is 1. The van der Waals surface area contributed by atoms with Gasteiger partial charge in [0.05, 0.1) is 5.69 Å². The van der Waals surface area contributed by atoms with Gasteiger partial charge in [-0.15, -0.1) is 11.3 Å². The molecule has 0 aliphatic carbocycles. The summed E-state index contributed by atoms with van der Waals surface area (Å²) in [7, 11) is 0. The topological polar surface area (TPSA) is 107 Å². The molecule has 0 radical (unpaired) electrons. The van der Waals surface area contributed by atoms with Crippen LogP contribution >= 0.6 is 11.3 Å². The maximum Gasteiger partial charge on any atom is 0.227 e. The molecule has 8 nitrogen and oxygen atoms in total. The first-order chi connectivity index (χ1) is 13.3. The summed E-state index contributed by atoms with van der Waals surface area (Å²) in [6.07, 6.45) is 7.33. The van der Waals surface area contributed by atoms with Gasteiger partial charge in [-0.1, -0.05) is 5.16 Å². The number of carbonyl (C=O) groups excluding carboxylic acids is 1. The van der Waals surface area contributed by atoms with Gasteiger partial charge in [-0.2, -0.15) is 4.98 Å². The van der Waals surface area contributed by atoms with E-state index >= 15 is 0 Å². The Kier molecular flexibility index (Phi) is 4.93. The quantitative estimate of drug-likeness (QED) is 0.549. The van der Waals surface area contributed by atoms with Crippen LogP contribution in [0.3, 0.4) is 0 Å². The zero-order chi connectivity index (χ0) is 18.5. The van der Waals surface area contributed by atoms with Crippen molar-refractivity contribution in [2.24, 2.45) is 0 Å². The summed E-state index contributed by atoms with van der Waals surface area (Å²) in [5, 5.41) is 9.12. The lowest BCUT2D eigenvalue weighted by Gasteiger charge is -1.99. The molecular formula is C18H14N6O2S. The van der Waals surface area contributed by atoms with Gasteiger partial charge >= 0.3 is 0 Å². The molecule has 27 heavy (non-hydrogen) atoms. The standard InChI is InChI=1S/C18H14N6O2S/c25-15(22-18-21-14(11-27-18)12-3-1-7-19-9-12)5-6-16-23-17(24-26-16)13-4-2-8-20-10-13/h1-4,7-11H,5-6H2,(H,21,22,25). The Labute approximate surface area is 158 Å². The molecule has 1 amide bonds. The number of thiazole rings is 1. The van der Waals surface area contributed by atoms with Crippen LogP contribution < -0.4 is 5.32 Å². The molecule has 0 fully saturated rings. The Morgan fingerprint density at radius 3 is 2.59 bits per heavy atom. The van der Waals surface area contributed by atoms with E-state index in [0.717, 1.165) is 16.8 Å². The first-order valence-corrected chi connectivity index (χ1v) is 9.04. The van der Waals surface area contributed by atoms with Gasteiger partial charge in [0.1, 0.15) is 0 Å². The van der Waals surface area contributed by atoms with Crippen molar-refractivity contribution in [2.45, 2.75) is 12.8 Å². The third kappa shape index (κ3) is 4.21. The number of hydrogen-bond donors (Lipinski definition) is 1. The number of hydrogen-bond acceptors (Lipinski definition) is 8. The van der Waals surface area contributed by atoms with E-state index in [0.29, 0.717) is 23.3 Å². The van der Waals surface area contributed by atoms with Crippen LogP contribution in [0.4, 0.5) is 5.13 Å². The lowest BCUT2D eigenvalue weighted by molar-refractivity contribution is -0.116. The van der Waals surface area contributed by atoms with Crippen LogP contribution in [0, 0.1) is 0 Å². The molecule has 0 bridgehead atoms. The Morgan fingerprint density at radius 2 is 1.85 bits per heavy atom. The van der Waals surface area contributed by atoms with Gasteiger partial charge in [0.25, 0.3) is 0 Å². The highest BCUT2D eigenvalue weighted by Gasteiger charge is 2.12. The van der Waals surface area contributed by atoms with Crippen molar-refractivity contribution in [1.29, 1.82) is 0 Å². The van der Waals surface area contributed by atoms with E-state index in [4.69, 9.17) is 4.52 Å². The second-order valence-corrected chi connectivity index (χ2v) is 6.44. The molecule has 1 N–H and O–H groups in total. The third-order valence-corrected chi connectivity index (χ3v) is 4.42. The van der Waals surface area contributed by atoms with E-state index < -0.39 is 0 Å². The number of amides is 1. The van der Waals surface area contributed by atoms with Gasteiger partial charge in [0, 0.05) is 54.1 Å². The molecule has 0 aromatic carbocycles. The number of aromatic nitrogens is 5. The zero-order valence-corrected chi connectivity index (χ0v) is 14.9. The Hall–Kier alpha value is -3.46. The lowest BCUT2D eigenvalue weighted by Crippen LogP contribution is -2.12. The van der Waals surface area contributed by atoms with Crippen molar-refractivity contribution in [3.05, 3.63) is 60.3 Å². The minimum Gasteiger partial charge on any atom is -0.339 e. The van der Waals surface area contributed by atoms with Crippen molar-refractivity contribution >= 4 is 22.4 Å². The number of nitrogens with one attached hydrogen (secondary N) is 1. The van der Waals surface area contributed by atoms with E-state index in [1.165, 1.54) is 11.3 Å². The van der Waals surface area contributed by atoms with Crippen LogP contribution in [0.5, 0.6) is 0 Å². The molecule has 0 aliphatic heterocycles. The highest BCUT2D eigenvalue weighted by Crippen LogP contribution is 2.24. The highest BCUT2D eigenvalue weighted by molar-refractivity contribution is 7.14. The molecule has 134 valence electrons. The van der Waals surface area contributed by atoms with Gasteiger partial charge in [-0.25, -0.2) is 4.98 Å². The summed E-state index contributed by atoms with van der Waals surface area (Å²) in [5.74, 6) is 0.696. The number of pyridine rings is 2. The number of anilines is 1. The Bertz CT molecular complexity index is 1030. The predicted octanol–water partition coefficient (Wildman–Crippen LogP) is 3.22. The average molecular weight is 378 g/mol. The van der Waals surface area contributed by atoms with Crippen molar-refractivity contribution in [1.82, 2.24) is 25.1 Å². The number of rotatable bonds is 6. The summed E-state index contributed by atoms with van der Waals surface area (Å²) in [6, 6.07) is 7.41. The zero-order valence-electron chi connectivity index (χ0n) is 14.1. The Balaban J connectivity index is 1.33. The molecule has 4 heterocycles. The van der Waals surface area contributed by atoms with E-state index in [-0.39, 0.29) is 12.3 Å². The maximum absolute atomic E-state index is 12.2. The summed E-state index contributed by atoms with van der Waals surface area (Å²) in [4.78, 5) is 28.9. The highest BCUT2D eigenvalue weighted by atomic mass is 32.1. The molecule has 0 atom stereocenters. The van der Waals surface area contributed by atoms with Gasteiger partial charge in [-0.3, -0.25) is 14.8 Å². The SMILES string of the molecule is O=C(CCc1nc(-c2cccnc2)no1)Nc1nc(-c2cccnc2)cs1. The summed E-state index contributed by atoms with van der Waals surface area (Å²) >= 11 is 1.37. The summed E-state index contributed by atoms with van der Waals surface area (Å²) in [5.41, 5.74) is 2.45. The van der Waals surface area contributed by atoms with Crippen LogP contribution in [-0.4, -0.2) is 31.0 Å². The minimum atomic E-state index is -0.164. The Morgan fingerprint density at radius 1 is 1.07 bits per heavy atom. The number of nitrogens with zero attached hydrogens (tertiary/aromatic N) is 5. The van der Waals surface area contributed by atoms with Gasteiger partial charge < -0.3 is 9.84 Å². The second kappa shape index (κ2) is 7.83. The van der Waals surface area contributed by atoms with Gasteiger partial charge in [0.15, 0.2) is 5.13 Å². The maximum atomic E-state index is 12.2. The summed E-state index contributed by atoms with van der Waals surface area (Å²) < 4.78 is 5.19. The monoisotopic (exact) mass is 378 g/mol. The van der Waals surface area contributed by atoms with Crippen molar-refractivity contribution in [3.63, 3.8) is 0 Å². The molecule has 9 heteroatoms. The molecular weight excluding hydrogens is 364 g/mol. The molecule has 4 aromatic heterocycles. The fourth-order valence-corrected chi connectivity index (χ4v) is 3.08. The molecule has 0 unspecified atom stereocenters. The number of carbonyl (C=O) groups is 1. The average Bonchev–Trinajstić information content (AvgIpc) is 3.37. The normalized spacial score (nSPS) is 10.7. The van der Waals surface area contributed by atoms with E-state index in [1.807, 2.05) is 23.6 Å². The van der Waals surface area contributed by atoms with Crippen molar-refractivity contribution in [3.8, 4) is 22.6 Å². The van der Waals surface area contributed by atoms with Crippen LogP contribution in [-0.2, 0) is 11.2 Å². The molecule has 0 saturated carbocycles. The van der Waals surface area contributed by atoms with E-state index in [2.05, 4.69) is 30.4 Å². The van der Waals surface area contributed by atoms with Crippen molar-refractivity contribution in [2.75, 3.05) is 5.32 Å². The van der Waals surface area contributed by atoms with Crippen LogP contribution in [0.25, 0.3) is 22.6 Å². The van der Waals surface area contributed by atoms with Gasteiger partial charge in [0.2, 0.25) is 17.6 Å². The second-order valence-electron chi connectivity index (χ2n) is 5.58. The molecule has 4 aromatic rings. The van der Waals surface area contributed by atoms with Crippen LogP contribution in [0.1, 0.15) is 12.3 Å². The van der Waals surface area contributed by atoms with Crippen LogP contribution in [0.15, 0.2) is 59.0 Å². The molecule has 4 rings (SSSR count). The molecule has 0 saturated heterocycles. The third-order valence-electron chi connectivity index (χ3n) is 3.66. The predicted molar refractivity (Wildman–Crippen MR) is 99.8 cm³/mol. The largest absolute Gasteiger partial charge is 0.339 e.